The number of thioether (sulfide) groups is 1. The molecule has 2 fully saturated rings. The predicted octanol–water partition coefficient (Wildman–Crippen LogP) is 3.00. The smallest absolute Gasteiger partial charge is 0.330 e. The molecule has 2 aromatic rings. The maximum absolute atomic E-state index is 13.1. The first kappa shape index (κ1) is 25.5. The first-order chi connectivity index (χ1) is 16.7. The van der Waals surface area contributed by atoms with Gasteiger partial charge in [-0.15, -0.1) is 11.8 Å². The fourth-order valence-corrected chi connectivity index (χ4v) is 6.28. The molecule has 35 heavy (non-hydrogen) atoms. The summed E-state index contributed by atoms with van der Waals surface area (Å²) in [5.74, 6) is -3.36. The van der Waals surface area contributed by atoms with Crippen molar-refractivity contribution in [2.75, 3.05) is 4.61 Å². The van der Waals surface area contributed by atoms with Crippen molar-refractivity contribution in [1.29, 1.82) is 0 Å². The van der Waals surface area contributed by atoms with Crippen molar-refractivity contribution in [3.05, 3.63) is 71.8 Å². The number of hydrogen-bond donors (Lipinski definition) is 1. The molecule has 2 amide bonds. The average Bonchev–Trinajstić information content (AvgIpc) is 3.10. The SMILES string of the molecule is CC1(C)S[C@@H]2C(NC(=O)C(C(=O)OCI)c3ccccc3)C(=O)N2[C@H]1C(=O)OCc1ccccc1. The molecule has 10 heteroatoms. The Morgan fingerprint density at radius 2 is 1.69 bits per heavy atom. The number of benzene rings is 2. The van der Waals surface area contributed by atoms with Crippen molar-refractivity contribution in [3.8, 4) is 0 Å². The van der Waals surface area contributed by atoms with Crippen molar-refractivity contribution in [3.63, 3.8) is 0 Å². The topological polar surface area (TPSA) is 102 Å². The zero-order chi connectivity index (χ0) is 25.2. The standard InChI is InChI=1S/C25H25IN2O6S/c1-25(2)19(24(32)33-13-15-9-5-3-6-10-15)28-21(30)18(22(28)35-25)27-20(29)17(23(31)34-14-26)16-11-7-4-8-12-16/h3-12,17-19,22H,13-14H2,1-2H3,(H,27,29)/t17?,18?,19-,22+/m0/s1. The van der Waals surface area contributed by atoms with Crippen molar-refractivity contribution in [2.24, 2.45) is 0 Å². The Kier molecular flexibility index (Phi) is 7.70. The fraction of sp³-hybridized carbons (Fsp3) is 0.360. The minimum Gasteiger partial charge on any atom is -0.459 e. The second kappa shape index (κ2) is 10.6. The maximum Gasteiger partial charge on any atom is 0.330 e. The third-order valence-corrected chi connectivity index (χ3v) is 7.90. The summed E-state index contributed by atoms with van der Waals surface area (Å²) in [6.45, 7) is 3.86. The largest absolute Gasteiger partial charge is 0.459 e. The van der Waals surface area contributed by atoms with Crippen LogP contribution < -0.4 is 5.32 Å². The lowest BCUT2D eigenvalue weighted by atomic mass is 9.94. The van der Waals surface area contributed by atoms with Crippen LogP contribution in [-0.4, -0.2) is 55.5 Å². The molecule has 8 nitrogen and oxygen atoms in total. The quantitative estimate of drug-likeness (QED) is 0.162. The summed E-state index contributed by atoms with van der Waals surface area (Å²) in [4.78, 5) is 53.2. The molecule has 0 aliphatic carbocycles. The number of amides is 2. The van der Waals surface area contributed by atoms with E-state index in [1.807, 2.05) is 66.8 Å². The van der Waals surface area contributed by atoms with Gasteiger partial charge < -0.3 is 19.7 Å². The second-order valence-electron chi connectivity index (χ2n) is 8.76. The van der Waals surface area contributed by atoms with Crippen molar-refractivity contribution in [2.45, 2.75) is 48.6 Å². The molecular weight excluding hydrogens is 583 g/mol. The van der Waals surface area contributed by atoms with E-state index < -0.39 is 46.0 Å². The molecule has 2 unspecified atom stereocenters. The zero-order valence-electron chi connectivity index (χ0n) is 19.2. The van der Waals surface area contributed by atoms with Gasteiger partial charge in [0.25, 0.3) is 0 Å². The number of ether oxygens (including phenoxy) is 2. The minimum absolute atomic E-state index is 0.1000. The molecule has 0 aromatic heterocycles. The fourth-order valence-electron chi connectivity index (χ4n) is 4.35. The van der Waals surface area contributed by atoms with Crippen molar-refractivity contribution in [1.82, 2.24) is 10.2 Å². The van der Waals surface area contributed by atoms with Crippen molar-refractivity contribution >= 4 is 58.1 Å². The number of nitrogens with one attached hydrogen (secondary N) is 1. The molecule has 2 aliphatic rings. The molecule has 0 spiro atoms. The summed E-state index contributed by atoms with van der Waals surface area (Å²) >= 11 is 3.31. The molecule has 4 rings (SSSR count). The van der Waals surface area contributed by atoms with Crippen LogP contribution in [0.1, 0.15) is 30.9 Å². The lowest BCUT2D eigenvalue weighted by Gasteiger charge is -2.44. The number of rotatable bonds is 8. The summed E-state index contributed by atoms with van der Waals surface area (Å²) in [5.41, 5.74) is 1.33. The van der Waals surface area contributed by atoms with Gasteiger partial charge in [0.2, 0.25) is 11.8 Å². The average molecular weight is 608 g/mol. The Morgan fingerprint density at radius 1 is 1.06 bits per heavy atom. The molecule has 0 bridgehead atoms. The molecule has 2 saturated heterocycles. The Morgan fingerprint density at radius 3 is 2.31 bits per heavy atom. The summed E-state index contributed by atoms with van der Waals surface area (Å²) in [7, 11) is 0. The van der Waals surface area contributed by atoms with Gasteiger partial charge in [0, 0.05) is 4.75 Å². The normalized spacial score (nSPS) is 23.0. The highest BCUT2D eigenvalue weighted by Crippen LogP contribution is 2.51. The summed E-state index contributed by atoms with van der Waals surface area (Å²) < 4.78 is 10.1. The van der Waals surface area contributed by atoms with Crippen LogP contribution in [-0.2, 0) is 35.3 Å². The lowest BCUT2D eigenvalue weighted by Crippen LogP contribution is -2.71. The molecule has 0 saturated carbocycles. The highest BCUT2D eigenvalue weighted by Gasteiger charge is 2.64. The van der Waals surface area contributed by atoms with Gasteiger partial charge in [-0.1, -0.05) is 60.7 Å². The number of alkyl halides is 1. The maximum atomic E-state index is 13.1. The Balaban J connectivity index is 1.46. The van der Waals surface area contributed by atoms with Gasteiger partial charge in [0.15, 0.2) is 5.92 Å². The van der Waals surface area contributed by atoms with Gasteiger partial charge in [-0.2, -0.15) is 0 Å². The Labute approximate surface area is 221 Å². The van der Waals surface area contributed by atoms with Gasteiger partial charge in [-0.05, 0) is 47.6 Å². The van der Waals surface area contributed by atoms with Crippen LogP contribution in [0, 0.1) is 0 Å². The molecular formula is C25H25IN2O6S. The van der Waals surface area contributed by atoms with Crippen LogP contribution in [0.2, 0.25) is 0 Å². The van der Waals surface area contributed by atoms with E-state index >= 15 is 0 Å². The van der Waals surface area contributed by atoms with E-state index in [0.29, 0.717) is 5.56 Å². The summed E-state index contributed by atoms with van der Waals surface area (Å²) in [6, 6.07) is 16.3. The summed E-state index contributed by atoms with van der Waals surface area (Å²) in [6.07, 6.45) is 0. The molecule has 4 atom stereocenters. The monoisotopic (exact) mass is 608 g/mol. The number of nitrogens with zero attached hydrogens (tertiary/aromatic N) is 1. The number of β-lactam (4-membered cyclic amide) rings is 1. The minimum atomic E-state index is -1.20. The number of hydrogen-bond acceptors (Lipinski definition) is 7. The van der Waals surface area contributed by atoms with Crippen LogP contribution in [0.25, 0.3) is 0 Å². The van der Waals surface area contributed by atoms with Gasteiger partial charge in [0.05, 0.1) is 0 Å². The van der Waals surface area contributed by atoms with E-state index in [4.69, 9.17) is 9.47 Å². The number of carbonyl (C=O) groups is 4. The highest BCUT2D eigenvalue weighted by molar-refractivity contribution is 14.1. The zero-order valence-corrected chi connectivity index (χ0v) is 22.2. The van der Waals surface area contributed by atoms with Gasteiger partial charge in [-0.25, -0.2) is 4.79 Å². The van der Waals surface area contributed by atoms with Gasteiger partial charge in [-0.3, -0.25) is 14.4 Å². The Bertz CT molecular complexity index is 1110. The third kappa shape index (κ3) is 5.18. The molecule has 184 valence electrons. The van der Waals surface area contributed by atoms with Crippen LogP contribution in [0.5, 0.6) is 0 Å². The number of fused-ring (bicyclic) bond motifs is 1. The first-order valence-electron chi connectivity index (χ1n) is 11.0. The molecule has 2 aromatic carbocycles. The van der Waals surface area contributed by atoms with E-state index in [9.17, 15) is 19.2 Å². The van der Waals surface area contributed by atoms with E-state index in [0.717, 1.165) is 5.56 Å². The van der Waals surface area contributed by atoms with E-state index in [1.54, 1.807) is 30.3 Å². The van der Waals surface area contributed by atoms with Crippen LogP contribution in [0.3, 0.4) is 0 Å². The molecule has 0 radical (unpaired) electrons. The van der Waals surface area contributed by atoms with E-state index in [-0.39, 0.29) is 17.1 Å². The third-order valence-electron chi connectivity index (χ3n) is 6.01. The van der Waals surface area contributed by atoms with E-state index in [1.165, 1.54) is 16.7 Å². The van der Waals surface area contributed by atoms with Crippen molar-refractivity contribution < 1.29 is 28.7 Å². The van der Waals surface area contributed by atoms with Gasteiger partial charge in [0.1, 0.15) is 28.7 Å². The molecule has 2 heterocycles. The van der Waals surface area contributed by atoms with Crippen LogP contribution in [0.15, 0.2) is 60.7 Å². The highest BCUT2D eigenvalue weighted by atomic mass is 127. The predicted molar refractivity (Wildman–Crippen MR) is 138 cm³/mol. The summed E-state index contributed by atoms with van der Waals surface area (Å²) in [5, 5.41) is 2.29. The van der Waals surface area contributed by atoms with Crippen LogP contribution in [0.4, 0.5) is 0 Å². The molecule has 1 N–H and O–H groups in total. The van der Waals surface area contributed by atoms with Gasteiger partial charge >= 0.3 is 11.9 Å². The van der Waals surface area contributed by atoms with Crippen LogP contribution >= 0.6 is 34.4 Å². The molecule has 2 aliphatic heterocycles. The second-order valence-corrected chi connectivity index (χ2v) is 11.1. The Hall–Kier alpha value is -2.60. The number of esters is 2. The number of halogens is 1. The number of carbonyl (C=O) groups excluding carboxylic acids is 4. The lowest BCUT2D eigenvalue weighted by molar-refractivity contribution is -0.165. The van der Waals surface area contributed by atoms with E-state index in [2.05, 4.69) is 5.32 Å². The first-order valence-corrected chi connectivity index (χ1v) is 13.4.